The maximum absolute atomic E-state index is 13.2. The van der Waals surface area contributed by atoms with Gasteiger partial charge in [0.15, 0.2) is 5.82 Å². The van der Waals surface area contributed by atoms with Crippen LogP contribution in [-0.4, -0.2) is 49.1 Å². The molecule has 0 amide bonds. The standard InChI is InChI=1S/C24H31BrN6O2S/c1-15-21(25)31-18(6-9-27-31)22(28-15)30-10-7-24(8-11-30)13-16-14-26-19(33-5)12-17(16)20(24)29-34(32)23(2,3)4/h6,9,12,14,20,29H,7-8,10-11,13H2,1-5H3/t20-,34-/m1/s1. The Balaban J connectivity index is 1.46. The van der Waals surface area contributed by atoms with Gasteiger partial charge in [-0.2, -0.15) is 5.10 Å². The Labute approximate surface area is 211 Å². The molecule has 0 radical (unpaired) electrons. The minimum absolute atomic E-state index is 0.0174. The van der Waals surface area contributed by atoms with Crippen LogP contribution in [0.25, 0.3) is 5.52 Å². The molecule has 1 aliphatic carbocycles. The van der Waals surface area contributed by atoms with Crippen LogP contribution in [0.15, 0.2) is 29.1 Å². The lowest BCUT2D eigenvalue weighted by Gasteiger charge is -2.44. The lowest BCUT2D eigenvalue weighted by Crippen LogP contribution is -2.50. The number of piperidine rings is 1. The van der Waals surface area contributed by atoms with Gasteiger partial charge in [-0.1, -0.05) is 0 Å². The molecule has 1 spiro atoms. The van der Waals surface area contributed by atoms with Gasteiger partial charge in [-0.05, 0) is 80.1 Å². The van der Waals surface area contributed by atoms with Crippen molar-refractivity contribution in [3.05, 3.63) is 46.0 Å². The molecule has 182 valence electrons. The van der Waals surface area contributed by atoms with Crippen molar-refractivity contribution in [1.29, 1.82) is 0 Å². The van der Waals surface area contributed by atoms with Crippen molar-refractivity contribution < 1.29 is 9.29 Å². The molecule has 1 N–H and O–H groups in total. The molecular weight excluding hydrogens is 516 g/mol. The first kappa shape index (κ1) is 23.8. The Morgan fingerprint density at radius 3 is 2.71 bits per heavy atom. The number of aryl methyl sites for hydroxylation is 1. The number of rotatable bonds is 4. The number of nitrogens with one attached hydrogen (secondary N) is 1. The first-order valence-electron chi connectivity index (χ1n) is 11.6. The van der Waals surface area contributed by atoms with Crippen LogP contribution in [0.1, 0.15) is 56.5 Å². The van der Waals surface area contributed by atoms with Crippen molar-refractivity contribution in [2.45, 2.75) is 57.7 Å². The summed E-state index contributed by atoms with van der Waals surface area (Å²) in [5, 5.41) is 4.46. The summed E-state index contributed by atoms with van der Waals surface area (Å²) in [6.07, 6.45) is 6.58. The second kappa shape index (κ2) is 8.65. The minimum Gasteiger partial charge on any atom is -0.598 e. The van der Waals surface area contributed by atoms with Gasteiger partial charge in [0, 0.05) is 42.1 Å². The summed E-state index contributed by atoms with van der Waals surface area (Å²) in [5.74, 6) is 1.56. The van der Waals surface area contributed by atoms with Gasteiger partial charge in [-0.15, -0.1) is 4.72 Å². The zero-order chi connectivity index (χ0) is 24.3. The first-order valence-corrected chi connectivity index (χ1v) is 13.5. The fourth-order valence-electron chi connectivity index (χ4n) is 5.20. The molecule has 0 saturated carbocycles. The maximum Gasteiger partial charge on any atom is 0.213 e. The molecule has 4 heterocycles. The zero-order valence-electron chi connectivity index (χ0n) is 20.3. The van der Waals surface area contributed by atoms with Gasteiger partial charge >= 0.3 is 0 Å². The zero-order valence-corrected chi connectivity index (χ0v) is 22.7. The predicted molar refractivity (Wildman–Crippen MR) is 138 cm³/mol. The van der Waals surface area contributed by atoms with E-state index < -0.39 is 11.4 Å². The van der Waals surface area contributed by atoms with E-state index >= 15 is 0 Å². The number of nitrogens with zero attached hydrogens (tertiary/aromatic N) is 5. The predicted octanol–water partition coefficient (Wildman–Crippen LogP) is 4.14. The summed E-state index contributed by atoms with van der Waals surface area (Å²) in [6.45, 7) is 9.75. The minimum atomic E-state index is -1.19. The molecule has 8 nitrogen and oxygen atoms in total. The first-order chi connectivity index (χ1) is 16.1. The molecule has 5 rings (SSSR count). The molecule has 1 fully saturated rings. The number of fused-ring (bicyclic) bond motifs is 2. The molecule has 0 unspecified atom stereocenters. The SMILES string of the molecule is COc1cc2c(cn1)CC1(CCN(c3nc(C)c(Br)n4nccc34)CC1)[C@@H]2N[S@+]([O-])C(C)(C)C. The van der Waals surface area contributed by atoms with E-state index in [4.69, 9.17) is 9.72 Å². The molecule has 10 heteroatoms. The normalized spacial score (nSPS) is 20.7. The third-order valence-electron chi connectivity index (χ3n) is 7.14. The van der Waals surface area contributed by atoms with Gasteiger partial charge in [0.2, 0.25) is 5.88 Å². The molecule has 34 heavy (non-hydrogen) atoms. The number of halogens is 1. The lowest BCUT2D eigenvalue weighted by atomic mass is 9.73. The highest BCUT2D eigenvalue weighted by Crippen LogP contribution is 2.53. The molecule has 1 saturated heterocycles. The average molecular weight is 548 g/mol. The number of hydrogen-bond donors (Lipinski definition) is 1. The van der Waals surface area contributed by atoms with Gasteiger partial charge in [0.05, 0.1) is 25.0 Å². The Bertz CT molecular complexity index is 1220. The number of methoxy groups -OCH3 is 1. The van der Waals surface area contributed by atoms with E-state index in [2.05, 4.69) is 35.6 Å². The van der Waals surface area contributed by atoms with Gasteiger partial charge in [-0.3, -0.25) is 0 Å². The second-order valence-electron chi connectivity index (χ2n) is 10.3. The summed E-state index contributed by atoms with van der Waals surface area (Å²) in [7, 11) is 1.64. The van der Waals surface area contributed by atoms with E-state index in [1.165, 1.54) is 5.56 Å². The smallest absolute Gasteiger partial charge is 0.213 e. The van der Waals surface area contributed by atoms with E-state index in [1.807, 2.05) is 56.7 Å². The topological polar surface area (TPSA) is 90.6 Å². The van der Waals surface area contributed by atoms with Crippen LogP contribution in [0.2, 0.25) is 0 Å². The fraction of sp³-hybridized carbons (Fsp3) is 0.542. The molecular formula is C24H31BrN6O2S. The summed E-state index contributed by atoms with van der Waals surface area (Å²) < 4.78 is 24.6. The van der Waals surface area contributed by atoms with Gasteiger partial charge < -0.3 is 14.2 Å². The van der Waals surface area contributed by atoms with E-state index in [0.717, 1.165) is 59.5 Å². The Morgan fingerprint density at radius 2 is 2.03 bits per heavy atom. The van der Waals surface area contributed by atoms with Crippen molar-refractivity contribution in [2.24, 2.45) is 5.41 Å². The van der Waals surface area contributed by atoms with Crippen LogP contribution in [0.3, 0.4) is 0 Å². The number of pyridine rings is 1. The second-order valence-corrected chi connectivity index (χ2v) is 13.1. The molecule has 2 atom stereocenters. The Morgan fingerprint density at radius 1 is 1.29 bits per heavy atom. The summed E-state index contributed by atoms with van der Waals surface area (Å²) in [6, 6.07) is 4.01. The molecule has 3 aromatic rings. The number of ether oxygens (including phenoxy) is 1. The van der Waals surface area contributed by atoms with E-state index in [1.54, 1.807) is 7.11 Å². The quantitative estimate of drug-likeness (QED) is 0.491. The average Bonchev–Trinajstić information content (AvgIpc) is 3.40. The third-order valence-corrected chi connectivity index (χ3v) is 9.61. The fourth-order valence-corrected chi connectivity index (χ4v) is 6.51. The van der Waals surface area contributed by atoms with Crippen LogP contribution < -0.4 is 14.4 Å². The van der Waals surface area contributed by atoms with E-state index in [-0.39, 0.29) is 16.2 Å². The molecule has 0 aromatic carbocycles. The monoisotopic (exact) mass is 546 g/mol. The van der Waals surface area contributed by atoms with Gasteiger partial charge in [-0.25, -0.2) is 14.5 Å². The molecule has 3 aromatic heterocycles. The highest BCUT2D eigenvalue weighted by Gasteiger charge is 2.51. The summed E-state index contributed by atoms with van der Waals surface area (Å²) in [5.41, 5.74) is 4.26. The highest BCUT2D eigenvalue weighted by molar-refractivity contribution is 9.10. The van der Waals surface area contributed by atoms with Crippen LogP contribution in [0.4, 0.5) is 5.82 Å². The third kappa shape index (κ3) is 3.98. The number of hydrogen-bond acceptors (Lipinski definition) is 7. The molecule has 1 aliphatic heterocycles. The highest BCUT2D eigenvalue weighted by atomic mass is 79.9. The van der Waals surface area contributed by atoms with E-state index in [9.17, 15) is 4.55 Å². The summed E-state index contributed by atoms with van der Waals surface area (Å²) in [4.78, 5) is 11.7. The number of anilines is 1. The van der Waals surface area contributed by atoms with Gasteiger partial charge in [0.1, 0.15) is 14.9 Å². The van der Waals surface area contributed by atoms with Crippen molar-refractivity contribution in [3.63, 3.8) is 0 Å². The van der Waals surface area contributed by atoms with Crippen LogP contribution in [0.5, 0.6) is 5.88 Å². The van der Waals surface area contributed by atoms with Crippen molar-refractivity contribution >= 4 is 38.6 Å². The van der Waals surface area contributed by atoms with Crippen LogP contribution in [0, 0.1) is 12.3 Å². The number of aromatic nitrogens is 4. The van der Waals surface area contributed by atoms with E-state index in [0.29, 0.717) is 5.88 Å². The largest absolute Gasteiger partial charge is 0.598 e. The maximum atomic E-state index is 13.2. The Hall–Kier alpha value is -1.88. The van der Waals surface area contributed by atoms with Crippen LogP contribution >= 0.6 is 15.9 Å². The molecule has 0 bridgehead atoms. The van der Waals surface area contributed by atoms with Gasteiger partial charge in [0.25, 0.3) is 0 Å². The lowest BCUT2D eigenvalue weighted by molar-refractivity contribution is 0.176. The van der Waals surface area contributed by atoms with Crippen molar-refractivity contribution in [3.8, 4) is 5.88 Å². The van der Waals surface area contributed by atoms with Crippen LogP contribution in [-0.2, 0) is 17.8 Å². The molecule has 2 aliphatic rings. The van der Waals surface area contributed by atoms with Crippen molar-refractivity contribution in [1.82, 2.24) is 24.3 Å². The van der Waals surface area contributed by atoms with Crippen molar-refractivity contribution in [2.75, 3.05) is 25.1 Å². The Kier molecular flexibility index (Phi) is 6.07. The summed E-state index contributed by atoms with van der Waals surface area (Å²) >= 11 is 2.42.